The summed E-state index contributed by atoms with van der Waals surface area (Å²) in [5.74, 6) is 3.41. The van der Waals surface area contributed by atoms with E-state index in [4.69, 9.17) is 4.52 Å². The van der Waals surface area contributed by atoms with Crippen LogP contribution in [0.4, 0.5) is 5.82 Å². The van der Waals surface area contributed by atoms with Crippen LogP contribution >= 0.6 is 0 Å². The number of nitrogens with zero attached hydrogens (tertiary/aromatic N) is 5. The smallest absolute Gasteiger partial charge is 0.259 e. The maximum atomic E-state index is 5.40. The summed E-state index contributed by atoms with van der Waals surface area (Å²) < 4.78 is 5.40. The van der Waals surface area contributed by atoms with Crippen molar-refractivity contribution in [1.82, 2.24) is 30.3 Å². The van der Waals surface area contributed by atoms with Crippen molar-refractivity contribution in [2.75, 3.05) is 5.32 Å². The summed E-state index contributed by atoms with van der Waals surface area (Å²) >= 11 is 0. The maximum Gasteiger partial charge on any atom is 0.259 e. The Hall–Kier alpha value is -3.55. The molecule has 0 radical (unpaired) electrons. The van der Waals surface area contributed by atoms with E-state index in [1.807, 2.05) is 32.0 Å². The molecule has 2 N–H and O–H groups in total. The average molecular weight is 389 g/mol. The standard InChI is InChI=1S/C21H23N7O/c1-14(20-24-15(2)26-27-20)23-18-12-11-17(13-22-18)21-25-19(28-29-21)10-6-9-16-7-4-3-5-8-16/h3-5,7-8,11-14H,6,9-10H2,1-2H3,(H,22,23)(H,24,26,27). The predicted octanol–water partition coefficient (Wildman–Crippen LogP) is 3.91. The number of aryl methyl sites for hydroxylation is 3. The average Bonchev–Trinajstić information content (AvgIpc) is 3.39. The van der Waals surface area contributed by atoms with Gasteiger partial charge >= 0.3 is 0 Å². The van der Waals surface area contributed by atoms with Crippen molar-refractivity contribution in [3.05, 3.63) is 71.7 Å². The number of rotatable bonds is 8. The molecule has 3 aromatic heterocycles. The van der Waals surface area contributed by atoms with Gasteiger partial charge < -0.3 is 9.84 Å². The number of H-pyrrole nitrogens is 1. The Morgan fingerprint density at radius 3 is 2.66 bits per heavy atom. The van der Waals surface area contributed by atoms with Gasteiger partial charge in [-0.15, -0.1) is 0 Å². The quantitative estimate of drug-likeness (QED) is 0.471. The molecule has 4 rings (SSSR count). The molecule has 1 aromatic carbocycles. The van der Waals surface area contributed by atoms with Crippen LogP contribution < -0.4 is 5.32 Å². The highest BCUT2D eigenvalue weighted by Crippen LogP contribution is 2.20. The lowest BCUT2D eigenvalue weighted by atomic mass is 10.1. The normalized spacial score (nSPS) is 12.1. The van der Waals surface area contributed by atoms with E-state index in [9.17, 15) is 0 Å². The zero-order valence-electron chi connectivity index (χ0n) is 16.5. The number of hydrogen-bond donors (Lipinski definition) is 2. The Morgan fingerprint density at radius 1 is 1.07 bits per heavy atom. The molecule has 0 amide bonds. The summed E-state index contributed by atoms with van der Waals surface area (Å²) in [6, 6.07) is 14.1. The summed E-state index contributed by atoms with van der Waals surface area (Å²) in [5.41, 5.74) is 2.11. The Balaban J connectivity index is 1.33. The zero-order valence-corrected chi connectivity index (χ0v) is 16.5. The van der Waals surface area contributed by atoms with Gasteiger partial charge in [0.2, 0.25) is 0 Å². The highest BCUT2D eigenvalue weighted by Gasteiger charge is 2.13. The lowest BCUT2D eigenvalue weighted by molar-refractivity contribution is 0.421. The number of aromatic amines is 1. The molecule has 148 valence electrons. The molecule has 0 fully saturated rings. The van der Waals surface area contributed by atoms with Gasteiger partial charge in [0.1, 0.15) is 11.6 Å². The summed E-state index contributed by atoms with van der Waals surface area (Å²) in [4.78, 5) is 13.3. The van der Waals surface area contributed by atoms with Gasteiger partial charge in [-0.05, 0) is 44.4 Å². The Labute approximate surface area is 168 Å². The van der Waals surface area contributed by atoms with Crippen molar-refractivity contribution in [2.45, 2.75) is 39.2 Å². The number of hydrogen-bond acceptors (Lipinski definition) is 7. The highest BCUT2D eigenvalue weighted by molar-refractivity contribution is 5.54. The number of pyridine rings is 1. The monoisotopic (exact) mass is 389 g/mol. The van der Waals surface area contributed by atoms with E-state index in [1.54, 1.807) is 6.20 Å². The van der Waals surface area contributed by atoms with E-state index >= 15 is 0 Å². The summed E-state index contributed by atoms with van der Waals surface area (Å²) in [7, 11) is 0. The largest absolute Gasteiger partial charge is 0.360 e. The molecule has 1 atom stereocenters. The Morgan fingerprint density at radius 2 is 1.93 bits per heavy atom. The molecule has 0 aliphatic carbocycles. The van der Waals surface area contributed by atoms with Crippen LogP contribution in [0.15, 0.2) is 53.2 Å². The first-order valence-corrected chi connectivity index (χ1v) is 9.66. The SMILES string of the molecule is Cc1nc(C(C)Nc2ccc(-c3nc(CCCc4ccccc4)no3)cn2)n[nH]1. The van der Waals surface area contributed by atoms with Crippen LogP contribution in [0.25, 0.3) is 11.5 Å². The fraction of sp³-hybridized carbons (Fsp3) is 0.286. The molecule has 8 nitrogen and oxygen atoms in total. The van der Waals surface area contributed by atoms with E-state index in [0.29, 0.717) is 17.5 Å². The van der Waals surface area contributed by atoms with Crippen molar-refractivity contribution in [2.24, 2.45) is 0 Å². The molecular formula is C21H23N7O. The number of nitrogens with one attached hydrogen (secondary N) is 2. The first-order valence-electron chi connectivity index (χ1n) is 9.66. The van der Waals surface area contributed by atoms with Crippen molar-refractivity contribution in [3.63, 3.8) is 0 Å². The minimum absolute atomic E-state index is 0.0575. The minimum Gasteiger partial charge on any atom is -0.360 e. The van der Waals surface area contributed by atoms with E-state index in [1.165, 1.54) is 5.56 Å². The number of benzene rings is 1. The van der Waals surface area contributed by atoms with Gasteiger partial charge in [-0.2, -0.15) is 10.1 Å². The molecule has 4 aromatic rings. The van der Waals surface area contributed by atoms with Crippen molar-refractivity contribution >= 4 is 5.82 Å². The van der Waals surface area contributed by atoms with Crippen LogP contribution in [0.3, 0.4) is 0 Å². The van der Waals surface area contributed by atoms with Gasteiger partial charge in [0, 0.05) is 12.6 Å². The highest BCUT2D eigenvalue weighted by atomic mass is 16.5. The van der Waals surface area contributed by atoms with Gasteiger partial charge in [-0.25, -0.2) is 9.97 Å². The lowest BCUT2D eigenvalue weighted by Gasteiger charge is -2.10. The van der Waals surface area contributed by atoms with Crippen molar-refractivity contribution in [1.29, 1.82) is 0 Å². The van der Waals surface area contributed by atoms with E-state index in [0.717, 1.165) is 36.5 Å². The molecule has 0 aliphatic heterocycles. The first kappa shape index (κ1) is 18.8. The third-order valence-electron chi connectivity index (χ3n) is 4.55. The Kier molecular flexibility index (Phi) is 5.60. The second-order valence-corrected chi connectivity index (χ2v) is 6.93. The van der Waals surface area contributed by atoms with Crippen LogP contribution in [0.1, 0.15) is 42.4 Å². The molecule has 8 heteroatoms. The second kappa shape index (κ2) is 8.64. The van der Waals surface area contributed by atoms with Crippen molar-refractivity contribution < 1.29 is 4.52 Å². The topological polar surface area (TPSA) is 105 Å². The van der Waals surface area contributed by atoms with Crippen LogP contribution in [0.2, 0.25) is 0 Å². The fourth-order valence-corrected chi connectivity index (χ4v) is 3.01. The zero-order chi connectivity index (χ0) is 20.1. The summed E-state index contributed by atoms with van der Waals surface area (Å²) in [6.45, 7) is 3.86. The molecule has 3 heterocycles. The van der Waals surface area contributed by atoms with E-state index < -0.39 is 0 Å². The molecule has 0 spiro atoms. The molecule has 0 bridgehead atoms. The van der Waals surface area contributed by atoms with Gasteiger partial charge in [0.05, 0.1) is 11.6 Å². The third-order valence-corrected chi connectivity index (χ3v) is 4.55. The molecule has 0 aliphatic rings. The third kappa shape index (κ3) is 4.84. The molecule has 0 saturated carbocycles. The van der Waals surface area contributed by atoms with Gasteiger partial charge in [0.15, 0.2) is 11.6 Å². The van der Waals surface area contributed by atoms with Crippen LogP contribution in [0, 0.1) is 6.92 Å². The van der Waals surface area contributed by atoms with Gasteiger partial charge in [0.25, 0.3) is 5.89 Å². The minimum atomic E-state index is -0.0575. The molecule has 1 unspecified atom stereocenters. The Bertz CT molecular complexity index is 1040. The summed E-state index contributed by atoms with van der Waals surface area (Å²) in [5, 5.41) is 14.4. The van der Waals surface area contributed by atoms with Crippen LogP contribution in [-0.2, 0) is 12.8 Å². The van der Waals surface area contributed by atoms with Crippen LogP contribution in [0.5, 0.6) is 0 Å². The lowest BCUT2D eigenvalue weighted by Crippen LogP contribution is -2.09. The predicted molar refractivity (Wildman–Crippen MR) is 109 cm³/mol. The second-order valence-electron chi connectivity index (χ2n) is 6.93. The summed E-state index contributed by atoms with van der Waals surface area (Å²) in [6.07, 6.45) is 4.47. The van der Waals surface area contributed by atoms with Crippen molar-refractivity contribution in [3.8, 4) is 11.5 Å². The van der Waals surface area contributed by atoms with E-state index in [2.05, 4.69) is 59.9 Å². The van der Waals surface area contributed by atoms with Crippen LogP contribution in [-0.4, -0.2) is 30.3 Å². The van der Waals surface area contributed by atoms with Gasteiger partial charge in [-0.1, -0.05) is 35.5 Å². The van der Waals surface area contributed by atoms with E-state index in [-0.39, 0.29) is 6.04 Å². The fourth-order valence-electron chi connectivity index (χ4n) is 3.01. The number of anilines is 1. The maximum absolute atomic E-state index is 5.40. The first-order chi connectivity index (χ1) is 14.2. The molecule has 29 heavy (non-hydrogen) atoms. The number of aromatic nitrogens is 6. The molecular weight excluding hydrogens is 366 g/mol. The van der Waals surface area contributed by atoms with Gasteiger partial charge in [-0.3, -0.25) is 5.10 Å². The molecule has 0 saturated heterocycles.